The first-order chi connectivity index (χ1) is 8.19. The van der Waals surface area contributed by atoms with Crippen LogP contribution in [0.25, 0.3) is 0 Å². The van der Waals surface area contributed by atoms with Crippen LogP contribution in [0.15, 0.2) is 0 Å². The summed E-state index contributed by atoms with van der Waals surface area (Å²) in [7, 11) is 0. The Morgan fingerprint density at radius 2 is 2.00 bits per heavy atom. The molecule has 1 rings (SSSR count). The van der Waals surface area contributed by atoms with Gasteiger partial charge in [-0.05, 0) is 51.6 Å². The maximum Gasteiger partial charge on any atom is 0.0195 e. The summed E-state index contributed by atoms with van der Waals surface area (Å²) in [5.41, 5.74) is 0. The quantitative estimate of drug-likeness (QED) is 0.735. The average Bonchev–Trinajstić information content (AvgIpc) is 2.32. The molecule has 0 bridgehead atoms. The molecule has 1 saturated heterocycles. The van der Waals surface area contributed by atoms with Crippen LogP contribution in [0.1, 0.15) is 59.8 Å². The molecular formula is C15H32N2. The van der Waals surface area contributed by atoms with Gasteiger partial charge in [0.05, 0.1) is 0 Å². The van der Waals surface area contributed by atoms with Gasteiger partial charge in [-0.3, -0.25) is 4.90 Å². The SMILES string of the molecule is CCCNC(CCC)CN1CCCC(C)C1C. The van der Waals surface area contributed by atoms with Gasteiger partial charge in [-0.2, -0.15) is 0 Å². The van der Waals surface area contributed by atoms with Crippen LogP contribution in [0.5, 0.6) is 0 Å². The van der Waals surface area contributed by atoms with Gasteiger partial charge < -0.3 is 5.32 Å². The number of hydrogen-bond acceptors (Lipinski definition) is 2. The van der Waals surface area contributed by atoms with E-state index in [-0.39, 0.29) is 0 Å². The number of rotatable bonds is 7. The highest BCUT2D eigenvalue weighted by molar-refractivity contribution is 4.82. The lowest BCUT2D eigenvalue weighted by molar-refractivity contribution is 0.100. The van der Waals surface area contributed by atoms with Crippen molar-refractivity contribution in [2.24, 2.45) is 5.92 Å². The summed E-state index contributed by atoms with van der Waals surface area (Å²) < 4.78 is 0. The highest BCUT2D eigenvalue weighted by Gasteiger charge is 2.26. The Labute approximate surface area is 108 Å². The fraction of sp³-hybridized carbons (Fsp3) is 1.00. The van der Waals surface area contributed by atoms with Crippen LogP contribution < -0.4 is 5.32 Å². The largest absolute Gasteiger partial charge is 0.313 e. The molecular weight excluding hydrogens is 208 g/mol. The maximum atomic E-state index is 3.71. The molecule has 0 radical (unpaired) electrons. The number of likely N-dealkylation sites (tertiary alicyclic amines) is 1. The van der Waals surface area contributed by atoms with Crippen molar-refractivity contribution in [3.8, 4) is 0 Å². The molecule has 1 fully saturated rings. The Morgan fingerprint density at radius 3 is 2.65 bits per heavy atom. The Balaban J connectivity index is 2.41. The van der Waals surface area contributed by atoms with E-state index >= 15 is 0 Å². The zero-order valence-corrected chi connectivity index (χ0v) is 12.3. The smallest absolute Gasteiger partial charge is 0.0195 e. The highest BCUT2D eigenvalue weighted by atomic mass is 15.2. The van der Waals surface area contributed by atoms with Crippen molar-refractivity contribution in [2.45, 2.75) is 71.9 Å². The second kappa shape index (κ2) is 8.10. The molecule has 0 aromatic carbocycles. The van der Waals surface area contributed by atoms with Gasteiger partial charge in [-0.15, -0.1) is 0 Å². The number of nitrogens with zero attached hydrogens (tertiary/aromatic N) is 1. The first-order valence-electron chi connectivity index (χ1n) is 7.66. The summed E-state index contributed by atoms with van der Waals surface area (Å²) in [6, 6.07) is 1.47. The molecule has 1 aliphatic rings. The van der Waals surface area contributed by atoms with E-state index < -0.39 is 0 Å². The molecule has 0 saturated carbocycles. The predicted octanol–water partition coefficient (Wildman–Crippen LogP) is 3.28. The van der Waals surface area contributed by atoms with Crippen molar-refractivity contribution in [2.75, 3.05) is 19.6 Å². The average molecular weight is 240 g/mol. The zero-order chi connectivity index (χ0) is 12.7. The van der Waals surface area contributed by atoms with E-state index in [4.69, 9.17) is 0 Å². The minimum Gasteiger partial charge on any atom is -0.313 e. The topological polar surface area (TPSA) is 15.3 Å². The minimum atomic E-state index is 0.702. The predicted molar refractivity (Wildman–Crippen MR) is 76.4 cm³/mol. The van der Waals surface area contributed by atoms with Crippen LogP contribution in [0, 0.1) is 5.92 Å². The highest BCUT2D eigenvalue weighted by Crippen LogP contribution is 2.23. The second-order valence-electron chi connectivity index (χ2n) is 5.79. The van der Waals surface area contributed by atoms with E-state index in [0.717, 1.165) is 12.0 Å². The molecule has 3 unspecified atom stereocenters. The van der Waals surface area contributed by atoms with Gasteiger partial charge in [0, 0.05) is 18.6 Å². The molecule has 1 aliphatic heterocycles. The Hall–Kier alpha value is -0.0800. The standard InChI is InChI=1S/C15H32N2/c1-5-8-15(16-10-6-2)12-17-11-7-9-13(3)14(17)4/h13-16H,5-12H2,1-4H3. The molecule has 17 heavy (non-hydrogen) atoms. The lowest BCUT2D eigenvalue weighted by Gasteiger charge is -2.40. The van der Waals surface area contributed by atoms with Crippen LogP contribution in [-0.2, 0) is 0 Å². The van der Waals surface area contributed by atoms with Gasteiger partial charge in [-0.25, -0.2) is 0 Å². The van der Waals surface area contributed by atoms with E-state index in [1.165, 1.54) is 51.7 Å². The van der Waals surface area contributed by atoms with Crippen LogP contribution >= 0.6 is 0 Å². The Kier molecular flexibility index (Phi) is 7.14. The van der Waals surface area contributed by atoms with E-state index in [0.29, 0.717) is 6.04 Å². The fourth-order valence-corrected chi connectivity index (χ4v) is 2.92. The van der Waals surface area contributed by atoms with Crippen LogP contribution in [0.4, 0.5) is 0 Å². The van der Waals surface area contributed by atoms with Crippen molar-refractivity contribution in [1.82, 2.24) is 10.2 Å². The van der Waals surface area contributed by atoms with Crippen LogP contribution in [-0.4, -0.2) is 36.6 Å². The third-order valence-electron chi connectivity index (χ3n) is 4.28. The summed E-state index contributed by atoms with van der Waals surface area (Å²) in [5, 5.41) is 3.71. The lowest BCUT2D eigenvalue weighted by atomic mass is 9.91. The van der Waals surface area contributed by atoms with Gasteiger partial charge in [0.2, 0.25) is 0 Å². The lowest BCUT2D eigenvalue weighted by Crippen LogP contribution is -2.49. The van der Waals surface area contributed by atoms with Gasteiger partial charge in [0.25, 0.3) is 0 Å². The van der Waals surface area contributed by atoms with Crippen molar-refractivity contribution in [3.05, 3.63) is 0 Å². The molecule has 0 aromatic rings. The van der Waals surface area contributed by atoms with Gasteiger partial charge >= 0.3 is 0 Å². The number of piperidine rings is 1. The first-order valence-corrected chi connectivity index (χ1v) is 7.66. The van der Waals surface area contributed by atoms with E-state index in [9.17, 15) is 0 Å². The zero-order valence-electron chi connectivity index (χ0n) is 12.3. The number of nitrogens with one attached hydrogen (secondary N) is 1. The van der Waals surface area contributed by atoms with E-state index in [1.807, 2.05) is 0 Å². The molecule has 2 nitrogen and oxygen atoms in total. The summed E-state index contributed by atoms with van der Waals surface area (Å²) in [5.74, 6) is 0.872. The van der Waals surface area contributed by atoms with E-state index in [2.05, 4.69) is 37.9 Å². The van der Waals surface area contributed by atoms with Gasteiger partial charge in [0.1, 0.15) is 0 Å². The van der Waals surface area contributed by atoms with Crippen LogP contribution in [0.2, 0.25) is 0 Å². The summed E-state index contributed by atoms with van der Waals surface area (Å²) in [4.78, 5) is 2.71. The molecule has 3 atom stereocenters. The summed E-state index contributed by atoms with van der Waals surface area (Å²) >= 11 is 0. The van der Waals surface area contributed by atoms with Crippen molar-refractivity contribution in [3.63, 3.8) is 0 Å². The molecule has 102 valence electrons. The van der Waals surface area contributed by atoms with Crippen molar-refractivity contribution >= 4 is 0 Å². The normalized spacial score (nSPS) is 28.2. The summed E-state index contributed by atoms with van der Waals surface area (Å²) in [6.45, 7) is 13.1. The minimum absolute atomic E-state index is 0.702. The Bertz CT molecular complexity index is 193. The molecule has 1 N–H and O–H groups in total. The van der Waals surface area contributed by atoms with Crippen LogP contribution in [0.3, 0.4) is 0 Å². The van der Waals surface area contributed by atoms with Gasteiger partial charge in [-0.1, -0.05) is 27.2 Å². The molecule has 0 spiro atoms. The van der Waals surface area contributed by atoms with Crippen molar-refractivity contribution in [1.29, 1.82) is 0 Å². The summed E-state index contributed by atoms with van der Waals surface area (Å²) in [6.07, 6.45) is 6.65. The van der Waals surface area contributed by atoms with Gasteiger partial charge in [0.15, 0.2) is 0 Å². The molecule has 0 aromatic heterocycles. The van der Waals surface area contributed by atoms with Crippen molar-refractivity contribution < 1.29 is 0 Å². The maximum absolute atomic E-state index is 3.71. The molecule has 2 heteroatoms. The first kappa shape index (κ1) is 15.0. The molecule has 0 aliphatic carbocycles. The second-order valence-corrected chi connectivity index (χ2v) is 5.79. The third-order valence-corrected chi connectivity index (χ3v) is 4.28. The fourth-order valence-electron chi connectivity index (χ4n) is 2.92. The Morgan fingerprint density at radius 1 is 1.24 bits per heavy atom. The number of hydrogen-bond donors (Lipinski definition) is 1. The molecule has 1 heterocycles. The monoisotopic (exact) mass is 240 g/mol. The third kappa shape index (κ3) is 4.97. The van der Waals surface area contributed by atoms with E-state index in [1.54, 1.807) is 0 Å². The molecule has 0 amide bonds.